The minimum atomic E-state index is -0.679. The second-order valence-corrected chi connectivity index (χ2v) is 6.83. The third kappa shape index (κ3) is 5.58. The molecule has 0 atom stereocenters. The molecular formula is C21H22Cl2O3. The Morgan fingerprint density at radius 2 is 1.65 bits per heavy atom. The average molecular weight is 393 g/mol. The summed E-state index contributed by atoms with van der Waals surface area (Å²) >= 11 is 11.9. The molecule has 138 valence electrons. The van der Waals surface area contributed by atoms with Crippen molar-refractivity contribution in [3.8, 4) is 5.75 Å². The number of halogens is 2. The highest BCUT2D eigenvalue weighted by molar-refractivity contribution is 6.68. The van der Waals surface area contributed by atoms with Gasteiger partial charge >= 0.3 is 5.97 Å². The van der Waals surface area contributed by atoms with Crippen molar-refractivity contribution in [2.75, 3.05) is 0 Å². The predicted octanol–water partition coefficient (Wildman–Crippen LogP) is 6.45. The first-order valence-electron chi connectivity index (χ1n) is 8.83. The molecule has 0 saturated heterocycles. The van der Waals surface area contributed by atoms with Gasteiger partial charge in [-0.1, -0.05) is 68.5 Å². The Hall–Kier alpha value is -1.84. The van der Waals surface area contributed by atoms with E-state index in [1.807, 2.05) is 6.07 Å². The lowest BCUT2D eigenvalue weighted by Gasteiger charge is -2.14. The van der Waals surface area contributed by atoms with Gasteiger partial charge in [-0.25, -0.2) is 4.79 Å². The van der Waals surface area contributed by atoms with E-state index in [0.717, 1.165) is 24.8 Å². The maximum atomic E-state index is 12.4. The molecular weight excluding hydrogens is 371 g/mol. The van der Waals surface area contributed by atoms with Crippen LogP contribution in [0.15, 0.2) is 42.5 Å². The van der Waals surface area contributed by atoms with E-state index in [2.05, 4.69) is 6.92 Å². The Morgan fingerprint density at radius 3 is 2.31 bits per heavy atom. The molecule has 2 aromatic carbocycles. The number of benzene rings is 2. The van der Waals surface area contributed by atoms with Gasteiger partial charge in [0.15, 0.2) is 5.75 Å². The highest BCUT2D eigenvalue weighted by atomic mass is 35.5. The van der Waals surface area contributed by atoms with Gasteiger partial charge in [0.2, 0.25) is 0 Å². The number of hydrogen-bond acceptors (Lipinski definition) is 3. The molecule has 0 aliphatic rings. The Balaban J connectivity index is 2.23. The molecule has 0 spiro atoms. The fourth-order valence-corrected chi connectivity index (χ4v) is 3.21. The Morgan fingerprint density at radius 1 is 0.962 bits per heavy atom. The van der Waals surface area contributed by atoms with Crippen LogP contribution in [0.2, 0.25) is 5.02 Å². The second kappa shape index (κ2) is 10.3. The number of carbonyl (C=O) groups excluding carboxylic acids is 2. The van der Waals surface area contributed by atoms with Crippen LogP contribution in [0.25, 0.3) is 0 Å². The molecule has 26 heavy (non-hydrogen) atoms. The van der Waals surface area contributed by atoms with E-state index in [-0.39, 0.29) is 16.3 Å². The minimum Gasteiger partial charge on any atom is -0.421 e. The molecule has 0 radical (unpaired) electrons. The zero-order valence-corrected chi connectivity index (χ0v) is 16.3. The summed E-state index contributed by atoms with van der Waals surface area (Å²) in [5, 5.41) is -0.596. The fourth-order valence-electron chi connectivity index (χ4n) is 2.70. The zero-order chi connectivity index (χ0) is 18.9. The van der Waals surface area contributed by atoms with Crippen molar-refractivity contribution < 1.29 is 14.3 Å². The van der Waals surface area contributed by atoms with Crippen LogP contribution < -0.4 is 4.74 Å². The first kappa shape index (κ1) is 20.5. The summed E-state index contributed by atoms with van der Waals surface area (Å²) in [6.07, 6.45) is 6.32. The standard InChI is InChI=1S/C21H22Cl2O3/c1-2-3-4-5-7-10-15-13-14-17(20(23)24)18(22)19(15)26-21(25)16-11-8-6-9-12-16/h6,8-9,11-14H,2-5,7,10H2,1H3. The molecule has 3 nitrogen and oxygen atoms in total. The van der Waals surface area contributed by atoms with E-state index >= 15 is 0 Å². The summed E-state index contributed by atoms with van der Waals surface area (Å²) in [5.74, 6) is -0.290. The smallest absolute Gasteiger partial charge is 0.343 e. The maximum absolute atomic E-state index is 12.4. The third-order valence-corrected chi connectivity index (χ3v) is 4.72. The first-order valence-corrected chi connectivity index (χ1v) is 9.58. The quantitative estimate of drug-likeness (QED) is 0.213. The largest absolute Gasteiger partial charge is 0.421 e. The normalized spacial score (nSPS) is 10.6. The molecule has 5 heteroatoms. The molecule has 0 aromatic heterocycles. The second-order valence-electron chi connectivity index (χ2n) is 6.11. The number of esters is 1. The lowest BCUT2D eigenvalue weighted by Crippen LogP contribution is -2.11. The molecule has 0 bridgehead atoms. The molecule has 0 heterocycles. The predicted molar refractivity (Wildman–Crippen MR) is 105 cm³/mol. The topological polar surface area (TPSA) is 43.4 Å². The zero-order valence-electron chi connectivity index (χ0n) is 14.8. The van der Waals surface area contributed by atoms with Gasteiger partial charge in [-0.05, 0) is 48.2 Å². The average Bonchev–Trinajstić information content (AvgIpc) is 2.64. The van der Waals surface area contributed by atoms with E-state index in [1.165, 1.54) is 19.3 Å². The summed E-state index contributed by atoms with van der Waals surface area (Å²) in [5.41, 5.74) is 1.36. The Kier molecular flexibility index (Phi) is 8.14. The Bertz CT molecular complexity index is 757. The lowest BCUT2D eigenvalue weighted by atomic mass is 10.0. The SMILES string of the molecule is CCCCCCCc1ccc(C(=O)Cl)c(Cl)c1OC(=O)c1ccccc1. The monoisotopic (exact) mass is 392 g/mol. The maximum Gasteiger partial charge on any atom is 0.343 e. The van der Waals surface area contributed by atoms with Gasteiger partial charge in [0.25, 0.3) is 5.24 Å². The van der Waals surface area contributed by atoms with Gasteiger partial charge in [-0.2, -0.15) is 0 Å². The van der Waals surface area contributed by atoms with Gasteiger partial charge in [0.05, 0.1) is 16.1 Å². The molecule has 0 fully saturated rings. The van der Waals surface area contributed by atoms with Crippen molar-refractivity contribution in [2.45, 2.75) is 45.4 Å². The highest BCUT2D eigenvalue weighted by Crippen LogP contribution is 2.35. The summed E-state index contributed by atoms with van der Waals surface area (Å²) < 4.78 is 5.55. The number of unbranched alkanes of at least 4 members (excludes halogenated alkanes) is 4. The van der Waals surface area contributed by atoms with E-state index < -0.39 is 11.2 Å². The van der Waals surface area contributed by atoms with Crippen molar-refractivity contribution >= 4 is 34.4 Å². The van der Waals surface area contributed by atoms with Crippen molar-refractivity contribution in [3.63, 3.8) is 0 Å². The molecule has 2 aromatic rings. The number of ether oxygens (including phenoxy) is 1. The minimum absolute atomic E-state index is 0.0836. The van der Waals surface area contributed by atoms with Crippen molar-refractivity contribution in [3.05, 3.63) is 64.2 Å². The van der Waals surface area contributed by atoms with Gasteiger partial charge < -0.3 is 4.74 Å². The van der Waals surface area contributed by atoms with Gasteiger partial charge in [-0.3, -0.25) is 4.79 Å². The van der Waals surface area contributed by atoms with Crippen molar-refractivity contribution in [1.29, 1.82) is 0 Å². The van der Waals surface area contributed by atoms with Crippen LogP contribution >= 0.6 is 23.2 Å². The number of hydrogen-bond donors (Lipinski definition) is 0. The van der Waals surface area contributed by atoms with Gasteiger partial charge in [0.1, 0.15) is 0 Å². The molecule has 2 rings (SSSR count). The van der Waals surface area contributed by atoms with Crippen molar-refractivity contribution in [1.82, 2.24) is 0 Å². The number of aryl methyl sites for hydroxylation is 1. The first-order chi connectivity index (χ1) is 12.5. The summed E-state index contributed by atoms with van der Waals surface area (Å²) in [6.45, 7) is 2.17. The van der Waals surface area contributed by atoms with Crippen LogP contribution in [0.1, 0.15) is 65.3 Å². The molecule has 0 N–H and O–H groups in total. The number of carbonyl (C=O) groups is 2. The molecule has 0 aliphatic heterocycles. The number of rotatable bonds is 9. The van der Waals surface area contributed by atoms with Crippen LogP contribution in [-0.4, -0.2) is 11.2 Å². The molecule has 0 saturated carbocycles. The summed E-state index contributed by atoms with van der Waals surface area (Å²) in [4.78, 5) is 24.0. The van der Waals surface area contributed by atoms with Crippen LogP contribution in [0.5, 0.6) is 5.75 Å². The Labute approximate surface area is 164 Å². The fraction of sp³-hybridized carbons (Fsp3) is 0.333. The van der Waals surface area contributed by atoms with Gasteiger partial charge in [-0.15, -0.1) is 0 Å². The van der Waals surface area contributed by atoms with Crippen LogP contribution in [0.3, 0.4) is 0 Å². The van der Waals surface area contributed by atoms with Crippen LogP contribution in [-0.2, 0) is 6.42 Å². The van der Waals surface area contributed by atoms with E-state index in [1.54, 1.807) is 36.4 Å². The van der Waals surface area contributed by atoms with E-state index in [4.69, 9.17) is 27.9 Å². The molecule has 0 amide bonds. The highest BCUT2D eigenvalue weighted by Gasteiger charge is 2.20. The van der Waals surface area contributed by atoms with Crippen LogP contribution in [0, 0.1) is 0 Å². The summed E-state index contributed by atoms with van der Waals surface area (Å²) in [7, 11) is 0. The molecule has 0 aliphatic carbocycles. The van der Waals surface area contributed by atoms with E-state index in [9.17, 15) is 9.59 Å². The van der Waals surface area contributed by atoms with E-state index in [0.29, 0.717) is 5.56 Å². The third-order valence-electron chi connectivity index (χ3n) is 4.14. The van der Waals surface area contributed by atoms with Crippen LogP contribution in [0.4, 0.5) is 0 Å². The van der Waals surface area contributed by atoms with Crippen molar-refractivity contribution in [2.24, 2.45) is 0 Å². The lowest BCUT2D eigenvalue weighted by molar-refractivity contribution is 0.0732. The summed E-state index contributed by atoms with van der Waals surface area (Å²) in [6, 6.07) is 12.0. The van der Waals surface area contributed by atoms with Gasteiger partial charge in [0, 0.05) is 0 Å². The molecule has 0 unspecified atom stereocenters.